The van der Waals surface area contributed by atoms with E-state index in [1.54, 1.807) is 30.3 Å². The molecule has 0 saturated carbocycles. The number of nitrogens with zero attached hydrogens (tertiary/aromatic N) is 2. The summed E-state index contributed by atoms with van der Waals surface area (Å²) in [5, 5.41) is 2.97. The molecule has 0 radical (unpaired) electrons. The summed E-state index contributed by atoms with van der Waals surface area (Å²) in [4.78, 5) is 15.3. The zero-order valence-electron chi connectivity index (χ0n) is 13.7. The zero-order valence-corrected chi connectivity index (χ0v) is 15.4. The highest BCUT2D eigenvalue weighted by Gasteiger charge is 2.31. The Labute approximate surface area is 157 Å². The first-order valence-corrected chi connectivity index (χ1v) is 9.66. The first-order chi connectivity index (χ1) is 12.5. The van der Waals surface area contributed by atoms with Crippen LogP contribution in [0, 0.1) is 0 Å². The number of carbonyl (C=O) groups is 1. The van der Waals surface area contributed by atoms with Crippen molar-refractivity contribution >= 4 is 39.2 Å². The first kappa shape index (κ1) is 18.3. The average molecular weight is 391 g/mol. The lowest BCUT2D eigenvalue weighted by atomic mass is 10.3. The molecule has 136 valence electrons. The molecule has 2 aromatic rings. The topological polar surface area (TPSA) is 79.0 Å². The van der Waals surface area contributed by atoms with Gasteiger partial charge in [0.25, 0.3) is 10.1 Å². The van der Waals surface area contributed by atoms with Crippen LogP contribution in [0.3, 0.4) is 0 Å². The van der Waals surface area contributed by atoms with E-state index in [1.165, 1.54) is 21.9 Å². The van der Waals surface area contributed by atoms with Gasteiger partial charge < -0.3 is 10.2 Å². The number of hydrogen-bond acceptors (Lipinski definition) is 5. The number of rotatable bonds is 5. The molecule has 1 aliphatic heterocycles. The molecule has 3 rings (SSSR count). The highest BCUT2D eigenvalue weighted by atomic mass is 32.2. The average Bonchev–Trinajstić information content (AvgIpc) is 3.02. The molecule has 1 fully saturated rings. The fourth-order valence-corrected chi connectivity index (χ4v) is 3.60. The number of thiocarbonyl (C=S) groups is 1. The highest BCUT2D eigenvalue weighted by molar-refractivity contribution is 7.86. The van der Waals surface area contributed by atoms with E-state index >= 15 is 0 Å². The van der Waals surface area contributed by atoms with Crippen LogP contribution in [0.1, 0.15) is 0 Å². The van der Waals surface area contributed by atoms with E-state index in [0.717, 1.165) is 0 Å². The third-order valence-electron chi connectivity index (χ3n) is 3.76. The van der Waals surface area contributed by atoms with Gasteiger partial charge in [0.2, 0.25) is 0 Å². The van der Waals surface area contributed by atoms with E-state index in [4.69, 9.17) is 16.4 Å². The lowest BCUT2D eigenvalue weighted by Crippen LogP contribution is -2.39. The molecule has 26 heavy (non-hydrogen) atoms. The van der Waals surface area contributed by atoms with E-state index in [2.05, 4.69) is 5.32 Å². The maximum absolute atomic E-state index is 12.3. The number of hydrogen-bond donors (Lipinski definition) is 1. The minimum atomic E-state index is -3.88. The third kappa shape index (κ3) is 4.18. The van der Waals surface area contributed by atoms with Gasteiger partial charge in [0.1, 0.15) is 6.73 Å². The minimum Gasteiger partial charge on any atom is -0.322 e. The molecular formula is C17H17N3O4S2. The van der Waals surface area contributed by atoms with Crippen molar-refractivity contribution < 1.29 is 17.4 Å². The Morgan fingerprint density at radius 1 is 1.04 bits per heavy atom. The molecule has 0 spiro atoms. The van der Waals surface area contributed by atoms with Crippen LogP contribution in [0.2, 0.25) is 0 Å². The van der Waals surface area contributed by atoms with Gasteiger partial charge in [-0.1, -0.05) is 36.4 Å². The van der Waals surface area contributed by atoms with E-state index in [1.807, 2.05) is 18.2 Å². The van der Waals surface area contributed by atoms with E-state index in [0.29, 0.717) is 18.8 Å². The summed E-state index contributed by atoms with van der Waals surface area (Å²) in [6.07, 6.45) is 0. The van der Waals surface area contributed by atoms with Crippen molar-refractivity contribution in [1.82, 2.24) is 9.80 Å². The second-order valence-electron chi connectivity index (χ2n) is 5.51. The number of amides is 2. The SMILES string of the molecule is O=C(Nc1ccccc1)N1CCN(COS(=O)(=O)c2ccccc2)C1=S. The normalized spacial score (nSPS) is 14.5. The van der Waals surface area contributed by atoms with Crippen LogP contribution < -0.4 is 5.32 Å². The van der Waals surface area contributed by atoms with Gasteiger partial charge in [-0.2, -0.15) is 8.42 Å². The standard InChI is InChI=1S/C17H17N3O4S2/c21-16(18-14-7-3-1-4-8-14)20-12-11-19(17(20)25)13-24-26(22,23)15-9-5-2-6-10-15/h1-10H,11-13H2,(H,18,21). The Morgan fingerprint density at radius 3 is 2.31 bits per heavy atom. The largest absolute Gasteiger partial charge is 0.328 e. The van der Waals surface area contributed by atoms with Crippen molar-refractivity contribution in [3.63, 3.8) is 0 Å². The molecule has 1 heterocycles. The van der Waals surface area contributed by atoms with Gasteiger partial charge in [0.05, 0.1) is 4.90 Å². The molecule has 0 unspecified atom stereocenters. The van der Waals surface area contributed by atoms with Gasteiger partial charge in [-0.3, -0.25) is 4.90 Å². The fourth-order valence-electron chi connectivity index (χ4n) is 2.39. The van der Waals surface area contributed by atoms with Gasteiger partial charge in [0.15, 0.2) is 5.11 Å². The van der Waals surface area contributed by atoms with E-state index < -0.39 is 10.1 Å². The maximum atomic E-state index is 12.3. The summed E-state index contributed by atoms with van der Waals surface area (Å²) < 4.78 is 29.4. The highest BCUT2D eigenvalue weighted by Crippen LogP contribution is 2.16. The number of nitrogens with one attached hydrogen (secondary N) is 1. The predicted octanol–water partition coefficient (Wildman–Crippen LogP) is 2.48. The molecule has 0 atom stereocenters. The lowest BCUT2D eigenvalue weighted by Gasteiger charge is -2.20. The molecule has 2 aromatic carbocycles. The molecule has 2 amide bonds. The van der Waals surface area contributed by atoms with E-state index in [-0.39, 0.29) is 22.8 Å². The van der Waals surface area contributed by atoms with Crippen LogP contribution in [0.15, 0.2) is 65.6 Å². The van der Waals surface area contributed by atoms with Crippen molar-refractivity contribution in [2.75, 3.05) is 25.1 Å². The van der Waals surface area contributed by atoms with Crippen LogP contribution in [0.5, 0.6) is 0 Å². The van der Waals surface area contributed by atoms with Crippen LogP contribution in [0.4, 0.5) is 10.5 Å². The molecule has 1 saturated heterocycles. The first-order valence-electron chi connectivity index (χ1n) is 7.84. The summed E-state index contributed by atoms with van der Waals surface area (Å²) in [5.41, 5.74) is 0.654. The maximum Gasteiger partial charge on any atom is 0.328 e. The Kier molecular flexibility index (Phi) is 5.50. The molecule has 9 heteroatoms. The smallest absolute Gasteiger partial charge is 0.322 e. The summed E-state index contributed by atoms with van der Waals surface area (Å²) >= 11 is 5.28. The zero-order chi connectivity index (χ0) is 18.6. The molecule has 7 nitrogen and oxygen atoms in total. The lowest BCUT2D eigenvalue weighted by molar-refractivity contribution is 0.211. The second-order valence-corrected chi connectivity index (χ2v) is 7.49. The van der Waals surface area contributed by atoms with Crippen molar-refractivity contribution in [3.8, 4) is 0 Å². The molecule has 0 aliphatic carbocycles. The summed E-state index contributed by atoms with van der Waals surface area (Å²) in [7, 11) is -3.88. The van der Waals surface area contributed by atoms with Gasteiger partial charge >= 0.3 is 6.03 Å². The Bertz CT molecular complexity index is 889. The summed E-state index contributed by atoms with van der Waals surface area (Å²) in [6, 6.07) is 16.5. The van der Waals surface area contributed by atoms with E-state index in [9.17, 15) is 13.2 Å². The van der Waals surface area contributed by atoms with Gasteiger partial charge in [-0.15, -0.1) is 0 Å². The number of urea groups is 1. The fraction of sp³-hybridized carbons (Fsp3) is 0.176. The predicted molar refractivity (Wildman–Crippen MR) is 101 cm³/mol. The molecule has 0 bridgehead atoms. The Morgan fingerprint density at radius 2 is 1.65 bits per heavy atom. The second kappa shape index (κ2) is 7.81. The van der Waals surface area contributed by atoms with Gasteiger partial charge in [-0.05, 0) is 36.5 Å². The van der Waals surface area contributed by atoms with Crippen molar-refractivity contribution in [3.05, 3.63) is 60.7 Å². The molecular weight excluding hydrogens is 374 g/mol. The van der Waals surface area contributed by atoms with Crippen molar-refractivity contribution in [1.29, 1.82) is 0 Å². The van der Waals surface area contributed by atoms with Crippen LogP contribution in [-0.2, 0) is 14.3 Å². The van der Waals surface area contributed by atoms with Crippen LogP contribution in [-0.4, -0.2) is 49.2 Å². The molecule has 1 N–H and O–H groups in total. The number of para-hydroxylation sites is 1. The Hall–Kier alpha value is -2.49. The molecule has 0 aromatic heterocycles. The minimum absolute atomic E-state index is 0.0730. The van der Waals surface area contributed by atoms with Crippen LogP contribution >= 0.6 is 12.2 Å². The summed E-state index contributed by atoms with van der Waals surface area (Å²) in [5.74, 6) is 0. The quantitative estimate of drug-likeness (QED) is 0.623. The number of carbonyl (C=O) groups excluding carboxylic acids is 1. The van der Waals surface area contributed by atoms with Crippen molar-refractivity contribution in [2.45, 2.75) is 4.90 Å². The summed E-state index contributed by atoms with van der Waals surface area (Å²) in [6.45, 7) is 0.503. The monoisotopic (exact) mass is 391 g/mol. The Balaban J connectivity index is 1.58. The number of anilines is 1. The molecule has 1 aliphatic rings. The van der Waals surface area contributed by atoms with Crippen molar-refractivity contribution in [2.24, 2.45) is 0 Å². The van der Waals surface area contributed by atoms with Gasteiger partial charge in [0, 0.05) is 18.8 Å². The van der Waals surface area contributed by atoms with Gasteiger partial charge in [-0.25, -0.2) is 8.98 Å². The number of benzene rings is 2. The third-order valence-corrected chi connectivity index (χ3v) is 5.50. The van der Waals surface area contributed by atoms with Crippen LogP contribution in [0.25, 0.3) is 0 Å².